The van der Waals surface area contributed by atoms with E-state index in [1.807, 2.05) is 22.9 Å². The lowest BCUT2D eigenvalue weighted by Crippen LogP contribution is -2.36. The number of benzene rings is 2. The molecule has 6 nitrogen and oxygen atoms in total. The molecule has 0 amide bonds. The minimum absolute atomic E-state index is 0.471. The summed E-state index contributed by atoms with van der Waals surface area (Å²) in [6, 6.07) is 17.5. The molecule has 7 heteroatoms. The predicted octanol–water partition coefficient (Wildman–Crippen LogP) is 6.49. The van der Waals surface area contributed by atoms with Gasteiger partial charge in [0.15, 0.2) is 0 Å². The van der Waals surface area contributed by atoms with Gasteiger partial charge in [0.2, 0.25) is 0 Å². The van der Waals surface area contributed by atoms with Crippen LogP contribution >= 0.6 is 11.6 Å². The molecule has 2 aromatic heterocycles. The molecule has 0 atom stereocenters. The Morgan fingerprint density at radius 3 is 2.47 bits per heavy atom. The van der Waals surface area contributed by atoms with E-state index in [-0.39, 0.29) is 0 Å². The smallest absolute Gasteiger partial charge is 0.141 e. The van der Waals surface area contributed by atoms with Crippen molar-refractivity contribution in [1.29, 1.82) is 0 Å². The molecule has 188 valence electrons. The number of fused-ring (bicyclic) bond motifs is 1. The van der Waals surface area contributed by atoms with E-state index in [1.54, 1.807) is 20.3 Å². The summed E-state index contributed by atoms with van der Waals surface area (Å²) in [5.74, 6) is 1.25. The number of imidazole rings is 1. The van der Waals surface area contributed by atoms with Gasteiger partial charge >= 0.3 is 0 Å². The van der Waals surface area contributed by atoms with Gasteiger partial charge in [-0.05, 0) is 55.9 Å². The van der Waals surface area contributed by atoms with Crippen LogP contribution in [-0.2, 0) is 6.54 Å². The Balaban J connectivity index is 1.22. The summed E-state index contributed by atoms with van der Waals surface area (Å²) in [5, 5.41) is 8.01. The summed E-state index contributed by atoms with van der Waals surface area (Å²) in [6.07, 6.45) is 8.69. The summed E-state index contributed by atoms with van der Waals surface area (Å²) in [6.45, 7) is 3.12. The number of pyridine rings is 1. The zero-order chi connectivity index (χ0) is 25.1. The van der Waals surface area contributed by atoms with Gasteiger partial charge in [0.05, 0.1) is 24.9 Å². The average Bonchev–Trinajstić information content (AvgIpc) is 3.32. The number of halogens is 1. The number of ether oxygens (including phenoxy) is 2. The Labute approximate surface area is 217 Å². The fraction of sp³-hybridized carbons (Fsp3) is 0.345. The molecule has 5 rings (SSSR count). The van der Waals surface area contributed by atoms with Gasteiger partial charge in [-0.25, -0.2) is 4.98 Å². The molecule has 36 heavy (non-hydrogen) atoms. The molecule has 1 saturated carbocycles. The standard InChI is InChI=1S/C29H33ClN4O2/c1-19-6-4-5-7-20(19)17-31-21-8-10-22(11-9-21)32-23-12-13-34-18-26(33-29(34)14-23)24-15-25(30)28(36-3)16-27(24)35-2/h4-7,12-16,18,21-22,31-32H,8-11,17H2,1-3H3. The second-order valence-corrected chi connectivity index (χ2v) is 9.90. The molecule has 0 radical (unpaired) electrons. The van der Waals surface area contributed by atoms with Crippen molar-refractivity contribution in [2.24, 2.45) is 0 Å². The summed E-state index contributed by atoms with van der Waals surface area (Å²) < 4.78 is 12.9. The van der Waals surface area contributed by atoms with Crippen LogP contribution in [0.25, 0.3) is 16.9 Å². The van der Waals surface area contributed by atoms with E-state index in [0.29, 0.717) is 28.6 Å². The van der Waals surface area contributed by atoms with Crippen LogP contribution in [-0.4, -0.2) is 35.7 Å². The predicted molar refractivity (Wildman–Crippen MR) is 146 cm³/mol. The molecule has 1 aliphatic carbocycles. The summed E-state index contributed by atoms with van der Waals surface area (Å²) in [5.41, 5.74) is 6.34. The topological polar surface area (TPSA) is 59.8 Å². The lowest BCUT2D eigenvalue weighted by atomic mass is 9.90. The van der Waals surface area contributed by atoms with E-state index >= 15 is 0 Å². The first-order chi connectivity index (χ1) is 17.5. The quantitative estimate of drug-likeness (QED) is 0.287. The van der Waals surface area contributed by atoms with Crippen LogP contribution in [0.5, 0.6) is 11.5 Å². The first kappa shape index (κ1) is 24.5. The largest absolute Gasteiger partial charge is 0.496 e. The first-order valence-corrected chi connectivity index (χ1v) is 12.9. The van der Waals surface area contributed by atoms with E-state index < -0.39 is 0 Å². The maximum absolute atomic E-state index is 6.38. The molecular formula is C29H33ClN4O2. The number of anilines is 1. The second-order valence-electron chi connectivity index (χ2n) is 9.49. The van der Waals surface area contributed by atoms with Gasteiger partial charge in [0, 0.05) is 54.4 Å². The van der Waals surface area contributed by atoms with Gasteiger partial charge in [-0.3, -0.25) is 0 Å². The molecule has 2 N–H and O–H groups in total. The Morgan fingerprint density at radius 2 is 1.72 bits per heavy atom. The van der Waals surface area contributed by atoms with Gasteiger partial charge in [-0.1, -0.05) is 35.9 Å². The number of methoxy groups -OCH3 is 2. The minimum Gasteiger partial charge on any atom is -0.496 e. The molecule has 2 heterocycles. The van der Waals surface area contributed by atoms with Crippen LogP contribution in [0.4, 0.5) is 5.69 Å². The minimum atomic E-state index is 0.471. The molecule has 0 aliphatic heterocycles. The highest BCUT2D eigenvalue weighted by Gasteiger charge is 2.21. The number of hydrogen-bond acceptors (Lipinski definition) is 5. The molecular weight excluding hydrogens is 472 g/mol. The Hall–Kier alpha value is -3.22. The molecule has 4 aromatic rings. The highest BCUT2D eigenvalue weighted by molar-refractivity contribution is 6.32. The molecule has 0 saturated heterocycles. The Kier molecular flexibility index (Phi) is 7.35. The van der Waals surface area contributed by atoms with Crippen molar-refractivity contribution < 1.29 is 9.47 Å². The van der Waals surface area contributed by atoms with E-state index in [2.05, 4.69) is 54.0 Å². The zero-order valence-electron chi connectivity index (χ0n) is 21.1. The van der Waals surface area contributed by atoms with Crippen LogP contribution in [0.1, 0.15) is 36.8 Å². The van der Waals surface area contributed by atoms with Crippen molar-refractivity contribution in [2.45, 2.75) is 51.2 Å². The van der Waals surface area contributed by atoms with Gasteiger partial charge < -0.3 is 24.5 Å². The van der Waals surface area contributed by atoms with Crippen LogP contribution in [0.15, 0.2) is 60.9 Å². The molecule has 0 unspecified atom stereocenters. The van der Waals surface area contributed by atoms with Gasteiger partial charge in [-0.15, -0.1) is 0 Å². The van der Waals surface area contributed by atoms with Crippen molar-refractivity contribution in [1.82, 2.24) is 14.7 Å². The summed E-state index contributed by atoms with van der Waals surface area (Å²) >= 11 is 6.38. The lowest BCUT2D eigenvalue weighted by molar-refractivity contribution is 0.352. The third-order valence-corrected chi connectivity index (χ3v) is 7.45. The number of hydrogen-bond donors (Lipinski definition) is 2. The molecule has 0 spiro atoms. The molecule has 1 fully saturated rings. The van der Waals surface area contributed by atoms with E-state index in [0.717, 1.165) is 42.0 Å². The lowest BCUT2D eigenvalue weighted by Gasteiger charge is -2.30. The van der Waals surface area contributed by atoms with E-state index in [9.17, 15) is 0 Å². The monoisotopic (exact) mass is 504 g/mol. The zero-order valence-corrected chi connectivity index (χ0v) is 21.8. The maximum atomic E-state index is 6.38. The van der Waals surface area contributed by atoms with E-state index in [4.69, 9.17) is 26.1 Å². The first-order valence-electron chi connectivity index (χ1n) is 12.5. The van der Waals surface area contributed by atoms with Gasteiger partial charge in [0.1, 0.15) is 17.1 Å². The average molecular weight is 505 g/mol. The number of aromatic nitrogens is 2. The number of aryl methyl sites for hydroxylation is 1. The van der Waals surface area contributed by atoms with Crippen molar-refractivity contribution in [3.63, 3.8) is 0 Å². The molecule has 0 bridgehead atoms. The van der Waals surface area contributed by atoms with Crippen molar-refractivity contribution in [3.8, 4) is 22.8 Å². The van der Waals surface area contributed by atoms with Gasteiger partial charge in [-0.2, -0.15) is 0 Å². The Morgan fingerprint density at radius 1 is 0.972 bits per heavy atom. The number of nitrogens with one attached hydrogen (secondary N) is 2. The Bertz CT molecular complexity index is 1340. The normalized spacial score (nSPS) is 17.8. The summed E-state index contributed by atoms with van der Waals surface area (Å²) in [7, 11) is 3.23. The third kappa shape index (κ3) is 5.30. The fourth-order valence-corrected chi connectivity index (χ4v) is 5.24. The number of nitrogens with zero attached hydrogens (tertiary/aromatic N) is 2. The van der Waals surface area contributed by atoms with Crippen LogP contribution < -0.4 is 20.1 Å². The molecule has 1 aliphatic rings. The second kappa shape index (κ2) is 10.8. The SMILES string of the molecule is COc1cc(OC)c(-c2cn3ccc(NC4CCC(NCc5ccccc5C)CC4)cc3n2)cc1Cl. The van der Waals surface area contributed by atoms with E-state index in [1.165, 1.54) is 24.0 Å². The van der Waals surface area contributed by atoms with Crippen molar-refractivity contribution in [3.05, 3.63) is 77.1 Å². The molecule has 2 aromatic carbocycles. The van der Waals surface area contributed by atoms with Gasteiger partial charge in [0.25, 0.3) is 0 Å². The van der Waals surface area contributed by atoms with Crippen molar-refractivity contribution in [2.75, 3.05) is 19.5 Å². The highest BCUT2D eigenvalue weighted by Crippen LogP contribution is 2.38. The van der Waals surface area contributed by atoms with Crippen molar-refractivity contribution >= 4 is 22.9 Å². The van der Waals surface area contributed by atoms with Crippen LogP contribution in [0.3, 0.4) is 0 Å². The third-order valence-electron chi connectivity index (χ3n) is 7.15. The maximum Gasteiger partial charge on any atom is 0.141 e. The van der Waals surface area contributed by atoms with Crippen LogP contribution in [0, 0.1) is 6.92 Å². The highest BCUT2D eigenvalue weighted by atomic mass is 35.5. The number of rotatable bonds is 8. The summed E-state index contributed by atoms with van der Waals surface area (Å²) in [4.78, 5) is 4.85. The fourth-order valence-electron chi connectivity index (χ4n) is 5.00. The van der Waals surface area contributed by atoms with Crippen LogP contribution in [0.2, 0.25) is 5.02 Å².